The molecule has 3 nitrogen and oxygen atoms in total. The average Bonchev–Trinajstić information content (AvgIpc) is 2.41. The lowest BCUT2D eigenvalue weighted by molar-refractivity contribution is 0.361. The van der Waals surface area contributed by atoms with Gasteiger partial charge < -0.3 is 5.32 Å². The van der Waals surface area contributed by atoms with Gasteiger partial charge in [-0.05, 0) is 55.3 Å². The van der Waals surface area contributed by atoms with Gasteiger partial charge in [-0.25, -0.2) is 9.97 Å². The first-order valence-corrected chi connectivity index (χ1v) is 7.29. The number of rotatable bonds is 2. The molecule has 0 aliphatic heterocycles. The highest BCUT2D eigenvalue weighted by molar-refractivity contribution is 6.28. The van der Waals surface area contributed by atoms with Crippen molar-refractivity contribution in [2.45, 2.75) is 38.6 Å². The third kappa shape index (κ3) is 2.81. The SMILES string of the molecule is C[C@H]1CC[C@@H](Nc2nc(Cl)nc3ccccc23)CC1. The van der Waals surface area contributed by atoms with Crippen LogP contribution in [-0.2, 0) is 0 Å². The van der Waals surface area contributed by atoms with Crippen molar-refractivity contribution in [2.75, 3.05) is 5.32 Å². The number of fused-ring (bicyclic) bond motifs is 1. The van der Waals surface area contributed by atoms with Crippen LogP contribution in [0, 0.1) is 5.92 Å². The molecule has 0 unspecified atom stereocenters. The zero-order valence-corrected chi connectivity index (χ0v) is 11.8. The number of nitrogens with zero attached hydrogens (tertiary/aromatic N) is 2. The maximum atomic E-state index is 6.00. The molecule has 1 saturated carbocycles. The molecule has 2 aromatic rings. The molecule has 1 N–H and O–H groups in total. The van der Waals surface area contributed by atoms with E-state index in [0.717, 1.165) is 22.6 Å². The summed E-state index contributed by atoms with van der Waals surface area (Å²) in [6.45, 7) is 2.33. The molecule has 19 heavy (non-hydrogen) atoms. The zero-order valence-electron chi connectivity index (χ0n) is 11.1. The number of aromatic nitrogens is 2. The maximum Gasteiger partial charge on any atom is 0.224 e. The van der Waals surface area contributed by atoms with Gasteiger partial charge in [0.2, 0.25) is 5.28 Å². The molecule has 0 amide bonds. The summed E-state index contributed by atoms with van der Waals surface area (Å²) in [7, 11) is 0. The molecule has 0 spiro atoms. The van der Waals surface area contributed by atoms with Gasteiger partial charge in [-0.1, -0.05) is 19.1 Å². The monoisotopic (exact) mass is 275 g/mol. The lowest BCUT2D eigenvalue weighted by atomic mass is 9.87. The molecule has 3 rings (SSSR count). The van der Waals surface area contributed by atoms with Crippen LogP contribution in [0.5, 0.6) is 0 Å². The van der Waals surface area contributed by atoms with Crippen molar-refractivity contribution in [3.63, 3.8) is 0 Å². The van der Waals surface area contributed by atoms with Crippen molar-refractivity contribution in [1.82, 2.24) is 9.97 Å². The molecule has 0 saturated heterocycles. The van der Waals surface area contributed by atoms with E-state index >= 15 is 0 Å². The molecular formula is C15H18ClN3. The quantitative estimate of drug-likeness (QED) is 0.832. The van der Waals surface area contributed by atoms with Crippen molar-refractivity contribution < 1.29 is 0 Å². The van der Waals surface area contributed by atoms with Gasteiger partial charge in [-0.3, -0.25) is 0 Å². The third-order valence-electron chi connectivity index (χ3n) is 3.93. The van der Waals surface area contributed by atoms with Gasteiger partial charge in [-0.2, -0.15) is 0 Å². The number of anilines is 1. The number of benzene rings is 1. The summed E-state index contributed by atoms with van der Waals surface area (Å²) in [5.74, 6) is 1.72. The molecule has 4 heteroatoms. The average molecular weight is 276 g/mol. The molecule has 1 aliphatic carbocycles. The van der Waals surface area contributed by atoms with Crippen LogP contribution in [0.1, 0.15) is 32.6 Å². The van der Waals surface area contributed by atoms with E-state index in [4.69, 9.17) is 11.6 Å². The Hall–Kier alpha value is -1.35. The summed E-state index contributed by atoms with van der Waals surface area (Å²) in [6.07, 6.45) is 4.98. The first-order chi connectivity index (χ1) is 9.22. The van der Waals surface area contributed by atoms with Gasteiger partial charge in [0.1, 0.15) is 5.82 Å². The van der Waals surface area contributed by atoms with Gasteiger partial charge in [-0.15, -0.1) is 0 Å². The molecule has 0 bridgehead atoms. The topological polar surface area (TPSA) is 37.8 Å². The first-order valence-electron chi connectivity index (χ1n) is 6.91. The van der Waals surface area contributed by atoms with Crippen molar-refractivity contribution in [2.24, 2.45) is 5.92 Å². The Morgan fingerprint density at radius 1 is 1.11 bits per heavy atom. The Morgan fingerprint density at radius 2 is 1.84 bits per heavy atom. The van der Waals surface area contributed by atoms with Crippen molar-refractivity contribution in [3.05, 3.63) is 29.5 Å². The molecule has 0 atom stereocenters. The second-order valence-electron chi connectivity index (χ2n) is 5.46. The Bertz CT molecular complexity index is 577. The fourth-order valence-electron chi connectivity index (χ4n) is 2.76. The fourth-order valence-corrected chi connectivity index (χ4v) is 2.93. The summed E-state index contributed by atoms with van der Waals surface area (Å²) in [5.41, 5.74) is 0.897. The van der Waals surface area contributed by atoms with Crippen LogP contribution >= 0.6 is 11.6 Å². The van der Waals surface area contributed by atoms with Crippen molar-refractivity contribution in [3.8, 4) is 0 Å². The minimum Gasteiger partial charge on any atom is -0.367 e. The Morgan fingerprint density at radius 3 is 2.63 bits per heavy atom. The van der Waals surface area contributed by atoms with Crippen LogP contribution in [0.3, 0.4) is 0 Å². The summed E-state index contributed by atoms with van der Waals surface area (Å²) in [4.78, 5) is 8.61. The number of hydrogen-bond donors (Lipinski definition) is 1. The zero-order chi connectivity index (χ0) is 13.2. The van der Waals surface area contributed by atoms with E-state index in [1.54, 1.807) is 0 Å². The summed E-state index contributed by atoms with van der Waals surface area (Å²) < 4.78 is 0. The summed E-state index contributed by atoms with van der Waals surface area (Å²) in [6, 6.07) is 8.49. The van der Waals surface area contributed by atoms with Crippen LogP contribution in [0.2, 0.25) is 5.28 Å². The highest BCUT2D eigenvalue weighted by Gasteiger charge is 2.19. The maximum absolute atomic E-state index is 6.00. The predicted octanol–water partition coefficient (Wildman–Crippen LogP) is 4.27. The number of hydrogen-bond acceptors (Lipinski definition) is 3. The second-order valence-corrected chi connectivity index (χ2v) is 5.80. The highest BCUT2D eigenvalue weighted by Crippen LogP contribution is 2.28. The standard InChI is InChI=1S/C15H18ClN3/c1-10-6-8-11(9-7-10)17-14-12-4-2-3-5-13(12)18-15(16)19-14/h2-5,10-11H,6-9H2,1H3,(H,17,18,19)/t10-,11+. The lowest BCUT2D eigenvalue weighted by Gasteiger charge is -2.27. The van der Waals surface area contributed by atoms with E-state index in [9.17, 15) is 0 Å². The van der Waals surface area contributed by atoms with Crippen LogP contribution in [-0.4, -0.2) is 16.0 Å². The van der Waals surface area contributed by atoms with Crippen molar-refractivity contribution >= 4 is 28.3 Å². The normalized spacial score (nSPS) is 23.5. The molecule has 1 aliphatic rings. The van der Waals surface area contributed by atoms with E-state index in [1.165, 1.54) is 25.7 Å². The van der Waals surface area contributed by atoms with Crippen LogP contribution in [0.4, 0.5) is 5.82 Å². The van der Waals surface area contributed by atoms with E-state index in [1.807, 2.05) is 24.3 Å². The minimum atomic E-state index is 0.311. The fraction of sp³-hybridized carbons (Fsp3) is 0.467. The van der Waals surface area contributed by atoms with E-state index in [0.29, 0.717) is 11.3 Å². The second kappa shape index (κ2) is 5.33. The molecule has 1 aromatic heterocycles. The predicted molar refractivity (Wildman–Crippen MR) is 79.6 cm³/mol. The summed E-state index contributed by atoms with van der Waals surface area (Å²) in [5, 5.41) is 4.91. The van der Waals surface area contributed by atoms with Crippen molar-refractivity contribution in [1.29, 1.82) is 0 Å². The Balaban J connectivity index is 1.88. The molecule has 1 heterocycles. The minimum absolute atomic E-state index is 0.311. The molecule has 1 fully saturated rings. The number of halogens is 1. The molecule has 100 valence electrons. The van der Waals surface area contributed by atoms with Crippen LogP contribution in [0.25, 0.3) is 10.9 Å². The van der Waals surface area contributed by atoms with E-state index in [-0.39, 0.29) is 0 Å². The van der Waals surface area contributed by atoms with Gasteiger partial charge >= 0.3 is 0 Å². The summed E-state index contributed by atoms with van der Waals surface area (Å²) >= 11 is 6.00. The van der Waals surface area contributed by atoms with Gasteiger partial charge in [0, 0.05) is 11.4 Å². The number of para-hydroxylation sites is 1. The molecule has 1 aromatic carbocycles. The smallest absolute Gasteiger partial charge is 0.224 e. The van der Waals surface area contributed by atoms with E-state index < -0.39 is 0 Å². The third-order valence-corrected chi connectivity index (χ3v) is 4.10. The molecule has 0 radical (unpaired) electrons. The Kier molecular flexibility index (Phi) is 3.56. The van der Waals surface area contributed by atoms with Crippen LogP contribution in [0.15, 0.2) is 24.3 Å². The van der Waals surface area contributed by atoms with E-state index in [2.05, 4.69) is 22.2 Å². The number of nitrogens with one attached hydrogen (secondary N) is 1. The Labute approximate surface area is 118 Å². The lowest BCUT2D eigenvalue weighted by Crippen LogP contribution is -2.25. The first kappa shape index (κ1) is 12.7. The van der Waals surface area contributed by atoms with Gasteiger partial charge in [0.15, 0.2) is 0 Å². The van der Waals surface area contributed by atoms with Gasteiger partial charge in [0.05, 0.1) is 5.52 Å². The molecular weight excluding hydrogens is 258 g/mol. The largest absolute Gasteiger partial charge is 0.367 e. The van der Waals surface area contributed by atoms with Gasteiger partial charge in [0.25, 0.3) is 0 Å². The highest BCUT2D eigenvalue weighted by atomic mass is 35.5. The van der Waals surface area contributed by atoms with Crippen LogP contribution < -0.4 is 5.32 Å².